The van der Waals surface area contributed by atoms with Crippen LogP contribution in [0.5, 0.6) is 0 Å². The molecule has 0 saturated heterocycles. The number of nitrogens with zero attached hydrogens (tertiary/aromatic N) is 1. The maximum absolute atomic E-state index is 12.0. The van der Waals surface area contributed by atoms with Crippen molar-refractivity contribution in [3.63, 3.8) is 0 Å². The average Bonchev–Trinajstić information content (AvgIpc) is 3.23. The van der Waals surface area contributed by atoms with Gasteiger partial charge in [-0.3, -0.25) is 4.79 Å². The molecule has 2 aromatic heterocycles. The minimum Gasteiger partial charge on any atom is -0.443 e. The molecule has 1 aromatic carbocycles. The number of halogens is 1. The molecular formula is C17H15BrN2O2S2. The minimum atomic E-state index is -0.0250. The molecule has 0 aliphatic carbocycles. The fourth-order valence-electron chi connectivity index (χ4n) is 2.06. The van der Waals surface area contributed by atoms with Gasteiger partial charge in [0.1, 0.15) is 6.26 Å². The van der Waals surface area contributed by atoms with Gasteiger partial charge in [-0.1, -0.05) is 22.0 Å². The highest BCUT2D eigenvalue weighted by molar-refractivity contribution is 9.10. The first-order valence-electron chi connectivity index (χ1n) is 7.26. The van der Waals surface area contributed by atoms with E-state index in [4.69, 9.17) is 4.42 Å². The lowest BCUT2D eigenvalue weighted by molar-refractivity contribution is -0.118. The number of hydrogen-bond acceptors (Lipinski definition) is 5. The number of thioether (sulfide) groups is 1. The number of aromatic nitrogens is 1. The van der Waals surface area contributed by atoms with Gasteiger partial charge in [0.25, 0.3) is 0 Å². The van der Waals surface area contributed by atoms with E-state index < -0.39 is 0 Å². The monoisotopic (exact) mass is 422 g/mol. The SMILES string of the molecule is Cc1cc(Br)ccc1SCC(=O)NCc1coc(-c2cccs2)n1. The Morgan fingerprint density at radius 1 is 1.42 bits per heavy atom. The maximum atomic E-state index is 12.0. The number of nitrogens with one attached hydrogen (secondary N) is 1. The molecule has 0 unspecified atom stereocenters. The zero-order valence-corrected chi connectivity index (χ0v) is 16.1. The van der Waals surface area contributed by atoms with Crippen molar-refractivity contribution in [3.8, 4) is 10.8 Å². The lowest BCUT2D eigenvalue weighted by Crippen LogP contribution is -2.24. The highest BCUT2D eigenvalue weighted by atomic mass is 79.9. The molecule has 0 radical (unpaired) electrons. The van der Waals surface area contributed by atoms with Gasteiger partial charge in [-0.05, 0) is 42.1 Å². The number of carbonyl (C=O) groups is 1. The molecule has 0 saturated carbocycles. The van der Waals surface area contributed by atoms with Gasteiger partial charge in [0.2, 0.25) is 11.8 Å². The van der Waals surface area contributed by atoms with Crippen LogP contribution >= 0.6 is 39.0 Å². The Balaban J connectivity index is 1.49. The zero-order chi connectivity index (χ0) is 16.9. The molecule has 24 heavy (non-hydrogen) atoms. The van der Waals surface area contributed by atoms with Crippen molar-refractivity contribution in [2.45, 2.75) is 18.4 Å². The van der Waals surface area contributed by atoms with Gasteiger partial charge in [0, 0.05) is 9.37 Å². The van der Waals surface area contributed by atoms with Gasteiger partial charge in [-0.15, -0.1) is 23.1 Å². The summed E-state index contributed by atoms with van der Waals surface area (Å²) in [6.07, 6.45) is 1.58. The Bertz CT molecular complexity index is 831. The molecule has 1 N–H and O–H groups in total. The predicted molar refractivity (Wildman–Crippen MR) is 101 cm³/mol. The Kier molecular flexibility index (Phi) is 5.76. The van der Waals surface area contributed by atoms with E-state index in [2.05, 4.69) is 26.2 Å². The minimum absolute atomic E-state index is 0.0250. The van der Waals surface area contributed by atoms with Crippen LogP contribution in [0.15, 0.2) is 55.8 Å². The van der Waals surface area contributed by atoms with E-state index in [1.54, 1.807) is 17.6 Å². The number of carbonyl (C=O) groups excluding carboxylic acids is 1. The Morgan fingerprint density at radius 2 is 2.29 bits per heavy atom. The number of rotatable bonds is 6. The normalized spacial score (nSPS) is 10.8. The van der Waals surface area contributed by atoms with Crippen molar-refractivity contribution in [2.24, 2.45) is 0 Å². The quantitative estimate of drug-likeness (QED) is 0.574. The van der Waals surface area contributed by atoms with Gasteiger partial charge >= 0.3 is 0 Å². The van der Waals surface area contributed by atoms with Gasteiger partial charge in [0.05, 0.1) is 22.9 Å². The highest BCUT2D eigenvalue weighted by Gasteiger charge is 2.09. The van der Waals surface area contributed by atoms with Crippen LogP contribution in [0, 0.1) is 6.92 Å². The summed E-state index contributed by atoms with van der Waals surface area (Å²) in [4.78, 5) is 18.5. The molecule has 4 nitrogen and oxygen atoms in total. The first-order chi connectivity index (χ1) is 11.6. The Morgan fingerprint density at radius 3 is 3.04 bits per heavy atom. The third-order valence-corrected chi connectivity index (χ3v) is 5.77. The van der Waals surface area contributed by atoms with E-state index in [1.807, 2.05) is 42.6 Å². The Labute approximate surface area is 156 Å². The predicted octanol–water partition coefficient (Wildman–Crippen LogP) is 4.88. The Hall–Kier alpha value is -1.57. The summed E-state index contributed by atoms with van der Waals surface area (Å²) in [6, 6.07) is 9.95. The van der Waals surface area contributed by atoms with Crippen molar-refractivity contribution in [1.29, 1.82) is 0 Å². The molecule has 0 atom stereocenters. The molecule has 124 valence electrons. The number of amides is 1. The van der Waals surface area contributed by atoms with Gasteiger partial charge < -0.3 is 9.73 Å². The van der Waals surface area contributed by atoms with Crippen LogP contribution in [0.4, 0.5) is 0 Å². The second-order valence-corrected chi connectivity index (χ2v) is 7.98. The number of hydrogen-bond donors (Lipinski definition) is 1. The van der Waals surface area contributed by atoms with Crippen LogP contribution in [0.25, 0.3) is 10.8 Å². The lowest BCUT2D eigenvalue weighted by Gasteiger charge is -2.06. The molecule has 2 heterocycles. The number of oxazole rings is 1. The van der Waals surface area contributed by atoms with Crippen LogP contribution in [-0.4, -0.2) is 16.6 Å². The standard InChI is InChI=1S/C17H15BrN2O2S2/c1-11-7-12(18)4-5-14(11)24-10-16(21)19-8-13-9-22-17(20-13)15-3-2-6-23-15/h2-7,9H,8,10H2,1H3,(H,19,21). The van der Waals surface area contributed by atoms with Crippen LogP contribution in [-0.2, 0) is 11.3 Å². The third kappa shape index (κ3) is 4.49. The van der Waals surface area contributed by atoms with E-state index in [0.717, 1.165) is 25.5 Å². The van der Waals surface area contributed by atoms with Crippen molar-refractivity contribution in [2.75, 3.05) is 5.75 Å². The molecule has 0 aliphatic heterocycles. The summed E-state index contributed by atoms with van der Waals surface area (Å²) >= 11 is 6.54. The van der Waals surface area contributed by atoms with Crippen molar-refractivity contribution < 1.29 is 9.21 Å². The largest absolute Gasteiger partial charge is 0.443 e. The summed E-state index contributed by atoms with van der Waals surface area (Å²) in [5, 5.41) is 4.85. The van der Waals surface area contributed by atoms with E-state index in [-0.39, 0.29) is 5.91 Å². The highest BCUT2D eigenvalue weighted by Crippen LogP contribution is 2.25. The average molecular weight is 423 g/mol. The van der Waals surface area contributed by atoms with Crippen molar-refractivity contribution in [1.82, 2.24) is 10.3 Å². The molecule has 3 rings (SSSR count). The third-order valence-electron chi connectivity index (χ3n) is 3.25. The van der Waals surface area contributed by atoms with Crippen molar-refractivity contribution >= 4 is 44.9 Å². The smallest absolute Gasteiger partial charge is 0.236 e. The molecule has 7 heteroatoms. The topological polar surface area (TPSA) is 55.1 Å². The fraction of sp³-hybridized carbons (Fsp3) is 0.176. The van der Waals surface area contributed by atoms with Crippen LogP contribution in [0.3, 0.4) is 0 Å². The number of thiophene rings is 1. The second-order valence-electron chi connectivity index (χ2n) is 5.10. The molecule has 0 aliphatic rings. The zero-order valence-electron chi connectivity index (χ0n) is 12.9. The van der Waals surface area contributed by atoms with Crippen LogP contribution < -0.4 is 5.32 Å². The van der Waals surface area contributed by atoms with E-state index >= 15 is 0 Å². The summed E-state index contributed by atoms with van der Waals surface area (Å²) in [5.74, 6) is 0.940. The van der Waals surface area contributed by atoms with Gasteiger partial charge in [-0.25, -0.2) is 4.98 Å². The summed E-state index contributed by atoms with van der Waals surface area (Å²) in [6.45, 7) is 2.40. The molecule has 1 amide bonds. The van der Waals surface area contributed by atoms with Crippen LogP contribution in [0.2, 0.25) is 0 Å². The van der Waals surface area contributed by atoms with Gasteiger partial charge in [-0.2, -0.15) is 0 Å². The number of aryl methyl sites for hydroxylation is 1. The summed E-state index contributed by atoms with van der Waals surface area (Å²) in [5.41, 5.74) is 1.87. The fourth-order valence-corrected chi connectivity index (χ4v) is 4.03. The first-order valence-corrected chi connectivity index (χ1v) is 9.91. The van der Waals surface area contributed by atoms with Crippen LogP contribution in [0.1, 0.15) is 11.3 Å². The van der Waals surface area contributed by atoms with E-state index in [9.17, 15) is 4.79 Å². The summed E-state index contributed by atoms with van der Waals surface area (Å²) < 4.78 is 6.48. The molecule has 0 fully saturated rings. The second kappa shape index (κ2) is 8.00. The molecule has 0 bridgehead atoms. The van der Waals surface area contributed by atoms with E-state index in [1.165, 1.54) is 11.8 Å². The van der Waals surface area contributed by atoms with E-state index in [0.29, 0.717) is 18.2 Å². The molecule has 3 aromatic rings. The molecule has 0 spiro atoms. The lowest BCUT2D eigenvalue weighted by atomic mass is 10.2. The number of benzene rings is 1. The molecular weight excluding hydrogens is 408 g/mol. The maximum Gasteiger partial charge on any atom is 0.236 e. The summed E-state index contributed by atoms with van der Waals surface area (Å²) in [7, 11) is 0. The van der Waals surface area contributed by atoms with Crippen molar-refractivity contribution in [3.05, 3.63) is 57.7 Å². The van der Waals surface area contributed by atoms with Gasteiger partial charge in [0.15, 0.2) is 0 Å². The first kappa shape index (κ1) is 17.3.